The summed E-state index contributed by atoms with van der Waals surface area (Å²) in [7, 11) is 2.13. The van der Waals surface area contributed by atoms with E-state index in [2.05, 4.69) is 34.8 Å². The fourth-order valence-electron chi connectivity index (χ4n) is 4.35. The van der Waals surface area contributed by atoms with Gasteiger partial charge in [-0.05, 0) is 50.2 Å². The Morgan fingerprint density at radius 2 is 2.13 bits per heavy atom. The molecule has 0 saturated carbocycles. The Labute approximate surface area is 186 Å². The van der Waals surface area contributed by atoms with Crippen LogP contribution in [0.15, 0.2) is 47.0 Å². The van der Waals surface area contributed by atoms with E-state index >= 15 is 0 Å². The Balaban J connectivity index is 1.49. The molecule has 0 bridgehead atoms. The molecule has 3 aromatic heterocycles. The predicted octanol–water partition coefficient (Wildman–Crippen LogP) is 3.32. The second kappa shape index (κ2) is 8.45. The number of nitrogens with one attached hydrogen (secondary N) is 2. The number of fused-ring (bicyclic) bond motifs is 1. The Kier molecular flexibility index (Phi) is 5.52. The van der Waals surface area contributed by atoms with E-state index in [1.54, 1.807) is 0 Å². The predicted molar refractivity (Wildman–Crippen MR) is 121 cm³/mol. The molecule has 0 radical (unpaired) electrons. The summed E-state index contributed by atoms with van der Waals surface area (Å²) in [5.41, 5.74) is 2.16. The molecule has 4 aromatic rings. The standard InChI is InChI=1S/C23H27N5O2S/c1-16-9-10-18(30-16)13-26(2)15-28-23(31)27(14-17-6-5-11-29-17)22(25-28)20-12-24-21-8-4-3-7-19(20)21/h3-4,7-10,12,17,24H,5-6,11,13-15H2,1-2H3/p+1/t17-/m1/s1. The summed E-state index contributed by atoms with van der Waals surface area (Å²) >= 11 is 5.89. The van der Waals surface area contributed by atoms with Gasteiger partial charge in [0.1, 0.15) is 12.3 Å². The lowest BCUT2D eigenvalue weighted by Crippen LogP contribution is -3.07. The van der Waals surface area contributed by atoms with Gasteiger partial charge in [-0.3, -0.25) is 4.57 Å². The normalized spacial score (nSPS) is 17.5. The first-order valence-electron chi connectivity index (χ1n) is 10.8. The van der Waals surface area contributed by atoms with Gasteiger partial charge in [0.05, 0.1) is 19.7 Å². The molecule has 0 aliphatic carbocycles. The molecule has 4 heterocycles. The molecule has 2 N–H and O–H groups in total. The van der Waals surface area contributed by atoms with Gasteiger partial charge < -0.3 is 19.0 Å². The molecule has 7 nitrogen and oxygen atoms in total. The molecule has 1 aliphatic heterocycles. The van der Waals surface area contributed by atoms with Crippen molar-refractivity contribution in [2.75, 3.05) is 13.7 Å². The number of aromatic nitrogens is 4. The van der Waals surface area contributed by atoms with Gasteiger partial charge >= 0.3 is 0 Å². The number of H-pyrrole nitrogens is 1. The maximum absolute atomic E-state index is 5.91. The number of benzene rings is 1. The van der Waals surface area contributed by atoms with Crippen LogP contribution in [0, 0.1) is 11.7 Å². The van der Waals surface area contributed by atoms with Gasteiger partial charge in [-0.1, -0.05) is 18.2 Å². The Bertz CT molecular complexity index is 1240. The van der Waals surface area contributed by atoms with Crippen LogP contribution in [0.4, 0.5) is 0 Å². The van der Waals surface area contributed by atoms with Crippen LogP contribution in [0.1, 0.15) is 24.4 Å². The minimum absolute atomic E-state index is 0.185. The number of furan rings is 1. The molecule has 2 atom stereocenters. The maximum Gasteiger partial charge on any atom is 0.203 e. The number of hydrogen-bond acceptors (Lipinski definition) is 4. The fourth-order valence-corrected chi connectivity index (χ4v) is 4.61. The van der Waals surface area contributed by atoms with Crippen molar-refractivity contribution in [2.24, 2.45) is 0 Å². The topological polar surface area (TPSA) is 65.3 Å². The minimum atomic E-state index is 0.185. The first-order valence-corrected chi connectivity index (χ1v) is 11.2. The van der Waals surface area contributed by atoms with E-state index in [1.165, 1.54) is 4.90 Å². The highest BCUT2D eigenvalue weighted by atomic mass is 32.1. The molecule has 162 valence electrons. The second-order valence-corrected chi connectivity index (χ2v) is 8.77. The molecule has 0 spiro atoms. The third kappa shape index (κ3) is 4.11. The SMILES string of the molecule is Cc1ccc(C[NH+](C)Cn2nc(-c3c[nH]c4ccccc34)n(C[C@H]3CCCO3)c2=S)o1. The smallest absolute Gasteiger partial charge is 0.203 e. The molecule has 1 aromatic carbocycles. The van der Waals surface area contributed by atoms with Crippen LogP contribution in [0.3, 0.4) is 0 Å². The maximum atomic E-state index is 5.91. The molecule has 1 unspecified atom stereocenters. The van der Waals surface area contributed by atoms with Crippen molar-refractivity contribution < 1.29 is 14.1 Å². The first-order chi connectivity index (χ1) is 15.1. The molecule has 1 saturated heterocycles. The molecule has 1 fully saturated rings. The monoisotopic (exact) mass is 438 g/mol. The van der Waals surface area contributed by atoms with Crippen LogP contribution < -0.4 is 4.90 Å². The number of ether oxygens (including phenoxy) is 1. The second-order valence-electron chi connectivity index (χ2n) is 8.40. The van der Waals surface area contributed by atoms with E-state index in [-0.39, 0.29) is 6.10 Å². The van der Waals surface area contributed by atoms with Crippen LogP contribution in [-0.4, -0.2) is 39.1 Å². The molecule has 31 heavy (non-hydrogen) atoms. The lowest BCUT2D eigenvalue weighted by Gasteiger charge is -2.13. The summed E-state index contributed by atoms with van der Waals surface area (Å²) in [6.07, 6.45) is 4.37. The summed E-state index contributed by atoms with van der Waals surface area (Å²) in [4.78, 5) is 4.61. The van der Waals surface area contributed by atoms with E-state index in [0.717, 1.165) is 71.1 Å². The molecule has 1 aliphatic rings. The zero-order valence-electron chi connectivity index (χ0n) is 17.9. The minimum Gasteiger partial charge on any atom is -0.460 e. The fraction of sp³-hybridized carbons (Fsp3) is 0.391. The van der Waals surface area contributed by atoms with Gasteiger partial charge in [-0.25, -0.2) is 0 Å². The number of aryl methyl sites for hydroxylation is 1. The van der Waals surface area contributed by atoms with Crippen molar-refractivity contribution in [3.05, 3.63) is 58.9 Å². The average molecular weight is 439 g/mol. The lowest BCUT2D eigenvalue weighted by atomic mass is 10.1. The van der Waals surface area contributed by atoms with Gasteiger partial charge in [0, 0.05) is 29.3 Å². The van der Waals surface area contributed by atoms with Gasteiger partial charge in [0.15, 0.2) is 18.3 Å². The molecular weight excluding hydrogens is 410 g/mol. The van der Waals surface area contributed by atoms with Crippen LogP contribution in [0.2, 0.25) is 0 Å². The average Bonchev–Trinajstić information content (AvgIpc) is 3.54. The van der Waals surface area contributed by atoms with Crippen molar-refractivity contribution in [3.63, 3.8) is 0 Å². The van der Waals surface area contributed by atoms with E-state index < -0.39 is 0 Å². The van der Waals surface area contributed by atoms with Gasteiger partial charge in [0.25, 0.3) is 0 Å². The largest absolute Gasteiger partial charge is 0.460 e. The summed E-state index contributed by atoms with van der Waals surface area (Å²) in [5.74, 6) is 2.79. The van der Waals surface area contributed by atoms with Crippen molar-refractivity contribution in [2.45, 2.75) is 45.6 Å². The van der Waals surface area contributed by atoms with Crippen LogP contribution in [0.25, 0.3) is 22.3 Å². The first kappa shape index (κ1) is 20.2. The van der Waals surface area contributed by atoms with Crippen molar-refractivity contribution >= 4 is 23.1 Å². The van der Waals surface area contributed by atoms with E-state index in [4.69, 9.17) is 26.5 Å². The number of nitrogens with zero attached hydrogens (tertiary/aromatic N) is 3. The van der Waals surface area contributed by atoms with Crippen molar-refractivity contribution in [3.8, 4) is 11.4 Å². The zero-order chi connectivity index (χ0) is 21.4. The van der Waals surface area contributed by atoms with Gasteiger partial charge in [0.2, 0.25) is 4.77 Å². The van der Waals surface area contributed by atoms with Crippen LogP contribution >= 0.6 is 12.2 Å². The molecule has 5 rings (SSSR count). The van der Waals surface area contributed by atoms with Gasteiger partial charge in [-0.15, -0.1) is 5.10 Å². The third-order valence-corrected chi connectivity index (χ3v) is 6.29. The Morgan fingerprint density at radius 1 is 1.26 bits per heavy atom. The quantitative estimate of drug-likeness (QED) is 0.435. The summed E-state index contributed by atoms with van der Waals surface area (Å²) in [6, 6.07) is 12.3. The van der Waals surface area contributed by atoms with E-state index in [1.807, 2.05) is 36.0 Å². The molecule has 8 heteroatoms. The highest BCUT2D eigenvalue weighted by Crippen LogP contribution is 2.28. The number of rotatable bonds is 7. The third-order valence-electron chi connectivity index (χ3n) is 5.85. The van der Waals surface area contributed by atoms with E-state index in [9.17, 15) is 0 Å². The highest BCUT2D eigenvalue weighted by molar-refractivity contribution is 7.71. The summed E-state index contributed by atoms with van der Waals surface area (Å²) in [5, 5.41) is 6.13. The van der Waals surface area contributed by atoms with Crippen LogP contribution in [0.5, 0.6) is 0 Å². The number of para-hydroxylation sites is 1. The molecular formula is C23H28N5O2S+. The Hall–Kier alpha value is -2.68. The summed E-state index contributed by atoms with van der Waals surface area (Å²) < 4.78 is 16.5. The lowest BCUT2D eigenvalue weighted by molar-refractivity contribution is -0.918. The van der Waals surface area contributed by atoms with Crippen molar-refractivity contribution in [1.82, 2.24) is 19.3 Å². The molecule has 0 amide bonds. The highest BCUT2D eigenvalue weighted by Gasteiger charge is 2.23. The van der Waals surface area contributed by atoms with Gasteiger partial charge in [-0.2, -0.15) is 4.68 Å². The number of hydrogen-bond donors (Lipinski definition) is 2. The number of aromatic amines is 1. The summed E-state index contributed by atoms with van der Waals surface area (Å²) in [6.45, 7) is 4.95. The van der Waals surface area contributed by atoms with Crippen LogP contribution in [-0.2, 0) is 24.5 Å². The number of quaternary nitrogens is 1. The van der Waals surface area contributed by atoms with Crippen molar-refractivity contribution in [1.29, 1.82) is 0 Å². The van der Waals surface area contributed by atoms with E-state index in [0.29, 0.717) is 6.67 Å². The Morgan fingerprint density at radius 3 is 2.90 bits per heavy atom. The zero-order valence-corrected chi connectivity index (χ0v) is 18.7.